The highest BCUT2D eigenvalue weighted by atomic mass is 16.5. The monoisotopic (exact) mass is 407 g/mol. The number of rotatable bonds is 5. The lowest BCUT2D eigenvalue weighted by atomic mass is 9.84. The molecule has 30 heavy (non-hydrogen) atoms. The number of hydrogen-bond donors (Lipinski definition) is 2. The molecule has 0 unspecified atom stereocenters. The molecule has 0 aliphatic carbocycles. The summed E-state index contributed by atoms with van der Waals surface area (Å²) in [5.74, 6) is 1.50. The summed E-state index contributed by atoms with van der Waals surface area (Å²) in [5, 5.41) is 0.618. The predicted molar refractivity (Wildman–Crippen MR) is 122 cm³/mol. The third-order valence-electron chi connectivity index (χ3n) is 5.97. The molecule has 0 spiro atoms. The van der Waals surface area contributed by atoms with Crippen LogP contribution < -0.4 is 25.8 Å². The first-order chi connectivity index (χ1) is 14.4. The molecule has 1 aliphatic heterocycles. The van der Waals surface area contributed by atoms with E-state index in [1.807, 2.05) is 18.2 Å². The number of hydrogen-bond acceptors (Lipinski definition) is 6. The smallest absolute Gasteiger partial charge is 0.260 e. The van der Waals surface area contributed by atoms with Crippen LogP contribution in [0.25, 0.3) is 10.9 Å². The summed E-state index contributed by atoms with van der Waals surface area (Å²) in [5.41, 5.74) is 8.69. The first-order valence-corrected chi connectivity index (χ1v) is 10.3. The molecule has 3 aromatic rings. The van der Waals surface area contributed by atoms with Crippen molar-refractivity contribution in [1.29, 1.82) is 0 Å². The number of nitrogens with zero attached hydrogens (tertiary/aromatic N) is 3. The number of piperazine rings is 1. The fourth-order valence-electron chi connectivity index (χ4n) is 3.95. The van der Waals surface area contributed by atoms with Crippen LogP contribution in [-0.4, -0.2) is 49.8 Å². The van der Waals surface area contributed by atoms with Crippen molar-refractivity contribution in [2.75, 3.05) is 49.6 Å². The van der Waals surface area contributed by atoms with Gasteiger partial charge in [-0.2, -0.15) is 0 Å². The van der Waals surface area contributed by atoms with Crippen LogP contribution in [0.1, 0.15) is 19.4 Å². The van der Waals surface area contributed by atoms with E-state index >= 15 is 0 Å². The van der Waals surface area contributed by atoms with Crippen molar-refractivity contribution < 1.29 is 4.74 Å². The van der Waals surface area contributed by atoms with E-state index in [4.69, 9.17) is 10.5 Å². The number of methoxy groups -OCH3 is 1. The highest BCUT2D eigenvalue weighted by Crippen LogP contribution is 2.34. The van der Waals surface area contributed by atoms with Crippen LogP contribution >= 0.6 is 0 Å². The molecule has 7 heteroatoms. The van der Waals surface area contributed by atoms with Crippen LogP contribution in [0.4, 0.5) is 11.6 Å². The second-order valence-corrected chi connectivity index (χ2v) is 8.35. The molecule has 2 heterocycles. The number of nitrogens with one attached hydrogen (secondary N) is 1. The lowest BCUT2D eigenvalue weighted by Gasteiger charge is -2.37. The number of fused-ring (bicyclic) bond motifs is 1. The van der Waals surface area contributed by atoms with Gasteiger partial charge in [-0.25, -0.2) is 4.98 Å². The fraction of sp³-hybridized carbons (Fsp3) is 0.391. The van der Waals surface area contributed by atoms with Gasteiger partial charge in [-0.15, -0.1) is 0 Å². The summed E-state index contributed by atoms with van der Waals surface area (Å²) in [7, 11) is 1.70. The molecule has 2 aromatic carbocycles. The molecule has 1 aliphatic rings. The summed E-state index contributed by atoms with van der Waals surface area (Å²) in [6.45, 7) is 8.03. The average Bonchev–Trinajstić information content (AvgIpc) is 2.78. The summed E-state index contributed by atoms with van der Waals surface area (Å²) in [6, 6.07) is 13.8. The number of aromatic nitrogens is 2. The number of para-hydroxylation sites is 1. The van der Waals surface area contributed by atoms with Crippen molar-refractivity contribution in [1.82, 2.24) is 9.97 Å². The van der Waals surface area contributed by atoms with Crippen LogP contribution in [0.2, 0.25) is 0 Å². The van der Waals surface area contributed by atoms with Crippen LogP contribution in [0.5, 0.6) is 5.75 Å². The average molecular weight is 408 g/mol. The highest BCUT2D eigenvalue weighted by molar-refractivity contribution is 5.78. The number of aromatic amines is 1. The number of H-pyrrole nitrogens is 1. The minimum Gasteiger partial charge on any atom is -0.496 e. The molecule has 3 N–H and O–H groups in total. The van der Waals surface area contributed by atoms with Gasteiger partial charge in [-0.3, -0.25) is 9.78 Å². The second-order valence-electron chi connectivity index (χ2n) is 8.35. The Hall–Kier alpha value is -3.06. The molecule has 4 rings (SSSR count). The van der Waals surface area contributed by atoms with Gasteiger partial charge in [0, 0.05) is 55.5 Å². The minimum absolute atomic E-state index is 0.0964. The zero-order valence-corrected chi connectivity index (χ0v) is 17.8. The molecule has 1 aromatic heterocycles. The van der Waals surface area contributed by atoms with E-state index in [2.05, 4.69) is 51.8 Å². The van der Waals surface area contributed by atoms with Gasteiger partial charge in [0.05, 0.1) is 18.0 Å². The topological polar surface area (TPSA) is 87.5 Å². The van der Waals surface area contributed by atoms with Crippen LogP contribution in [0.15, 0.2) is 47.3 Å². The van der Waals surface area contributed by atoms with E-state index in [0.717, 1.165) is 48.7 Å². The van der Waals surface area contributed by atoms with Crippen LogP contribution in [0, 0.1) is 0 Å². The summed E-state index contributed by atoms with van der Waals surface area (Å²) in [4.78, 5) is 24.4. The van der Waals surface area contributed by atoms with Gasteiger partial charge in [-0.05, 0) is 18.2 Å². The first-order valence-electron chi connectivity index (χ1n) is 10.3. The van der Waals surface area contributed by atoms with E-state index in [-0.39, 0.29) is 11.0 Å². The molecule has 0 amide bonds. The Balaban J connectivity index is 1.52. The lowest BCUT2D eigenvalue weighted by Crippen LogP contribution is -2.47. The molecular formula is C23H29N5O2. The van der Waals surface area contributed by atoms with Gasteiger partial charge in [-0.1, -0.05) is 32.0 Å². The van der Waals surface area contributed by atoms with E-state index in [1.165, 1.54) is 0 Å². The molecule has 0 saturated carbocycles. The van der Waals surface area contributed by atoms with E-state index in [9.17, 15) is 4.79 Å². The number of nitrogens with two attached hydrogens (primary N) is 1. The summed E-state index contributed by atoms with van der Waals surface area (Å²) >= 11 is 0. The normalized spacial score (nSPS) is 14.9. The first kappa shape index (κ1) is 20.2. The highest BCUT2D eigenvalue weighted by Gasteiger charge is 2.25. The predicted octanol–water partition coefficient (Wildman–Crippen LogP) is 2.49. The lowest BCUT2D eigenvalue weighted by molar-refractivity contribution is 0.393. The largest absolute Gasteiger partial charge is 0.496 e. The summed E-state index contributed by atoms with van der Waals surface area (Å²) in [6.07, 6.45) is 0. The Bertz CT molecular complexity index is 1100. The third kappa shape index (κ3) is 3.73. The maximum atomic E-state index is 12.4. The minimum atomic E-state index is -0.143. The van der Waals surface area contributed by atoms with Gasteiger partial charge in [0.1, 0.15) is 5.75 Å². The maximum absolute atomic E-state index is 12.4. The molecular weight excluding hydrogens is 378 g/mol. The Kier molecular flexibility index (Phi) is 5.39. The van der Waals surface area contributed by atoms with Crippen molar-refractivity contribution >= 4 is 22.5 Å². The molecule has 7 nitrogen and oxygen atoms in total. The zero-order chi connectivity index (χ0) is 21.3. The number of ether oxygens (including phenoxy) is 1. The molecule has 1 saturated heterocycles. The van der Waals surface area contributed by atoms with Crippen molar-refractivity contribution in [2.45, 2.75) is 19.3 Å². The van der Waals surface area contributed by atoms with Crippen molar-refractivity contribution in [3.8, 4) is 5.75 Å². The third-order valence-corrected chi connectivity index (χ3v) is 5.97. The van der Waals surface area contributed by atoms with Gasteiger partial charge in [0.15, 0.2) is 0 Å². The van der Waals surface area contributed by atoms with E-state index in [0.29, 0.717) is 17.9 Å². The standard InChI is InChI=1S/C23H29N5O2/c1-23(2,15-24)18-9-8-16(14-20(18)30-3)27-10-12-28(13-11-27)22-25-19-7-5-4-6-17(19)21(29)26-22/h4-9,14H,10-13,15,24H2,1-3H3,(H,25,26,29). The Morgan fingerprint density at radius 1 is 1.10 bits per heavy atom. The van der Waals surface area contributed by atoms with Crippen LogP contribution in [-0.2, 0) is 5.41 Å². The van der Waals surface area contributed by atoms with Crippen molar-refractivity contribution in [3.05, 3.63) is 58.4 Å². The van der Waals surface area contributed by atoms with E-state index < -0.39 is 0 Å². The quantitative estimate of drug-likeness (QED) is 0.676. The molecule has 158 valence electrons. The Labute approximate surface area is 176 Å². The summed E-state index contributed by atoms with van der Waals surface area (Å²) < 4.78 is 5.67. The van der Waals surface area contributed by atoms with Gasteiger partial charge in [0.2, 0.25) is 5.95 Å². The number of anilines is 2. The van der Waals surface area contributed by atoms with Gasteiger partial charge in [0.25, 0.3) is 5.56 Å². The van der Waals surface area contributed by atoms with E-state index in [1.54, 1.807) is 13.2 Å². The molecule has 1 fully saturated rings. The van der Waals surface area contributed by atoms with Crippen molar-refractivity contribution in [2.24, 2.45) is 5.73 Å². The van der Waals surface area contributed by atoms with Gasteiger partial charge < -0.3 is 20.3 Å². The van der Waals surface area contributed by atoms with Crippen LogP contribution in [0.3, 0.4) is 0 Å². The van der Waals surface area contributed by atoms with Crippen molar-refractivity contribution in [3.63, 3.8) is 0 Å². The Morgan fingerprint density at radius 2 is 1.80 bits per heavy atom. The molecule has 0 radical (unpaired) electrons. The zero-order valence-electron chi connectivity index (χ0n) is 17.8. The second kappa shape index (κ2) is 7.99. The molecule has 0 bridgehead atoms. The SMILES string of the molecule is COc1cc(N2CCN(c3nc4ccccc4c(=O)[nH]3)CC2)ccc1C(C)(C)CN. The molecule has 0 atom stereocenters. The van der Waals surface area contributed by atoms with Gasteiger partial charge >= 0.3 is 0 Å². The maximum Gasteiger partial charge on any atom is 0.260 e. The fourth-order valence-corrected chi connectivity index (χ4v) is 3.95. The number of benzene rings is 2. The Morgan fingerprint density at radius 3 is 2.50 bits per heavy atom.